The normalized spacial score (nSPS) is 10.6. The lowest BCUT2D eigenvalue weighted by Gasteiger charge is -2.15. The zero-order valence-electron chi connectivity index (χ0n) is 17.6. The monoisotopic (exact) mass is 428 g/mol. The number of halogens is 1. The first-order valence-corrected chi connectivity index (χ1v) is 10.0. The zero-order chi connectivity index (χ0) is 22.7. The Kier molecular flexibility index (Phi) is 5.81. The Morgan fingerprint density at radius 1 is 0.875 bits per heavy atom. The van der Waals surface area contributed by atoms with Crippen LogP contribution in [0, 0.1) is 12.7 Å². The first-order valence-electron chi connectivity index (χ1n) is 10.0. The zero-order valence-corrected chi connectivity index (χ0v) is 17.6. The van der Waals surface area contributed by atoms with Gasteiger partial charge in [-0.3, -0.25) is 9.59 Å². The van der Waals surface area contributed by atoms with Gasteiger partial charge >= 0.3 is 0 Å². The van der Waals surface area contributed by atoms with Gasteiger partial charge in [-0.05, 0) is 42.1 Å². The Hall–Kier alpha value is -4.26. The summed E-state index contributed by atoms with van der Waals surface area (Å²) in [5, 5.41) is 9.55. The Balaban J connectivity index is 1.71. The molecule has 0 aliphatic carbocycles. The minimum absolute atomic E-state index is 0.161. The van der Waals surface area contributed by atoms with Gasteiger partial charge in [0.2, 0.25) is 0 Å². The van der Waals surface area contributed by atoms with Crippen molar-refractivity contribution in [2.75, 3.05) is 17.7 Å². The smallest absolute Gasteiger partial charge is 0.255 e. The maximum atomic E-state index is 14.5. The van der Waals surface area contributed by atoms with Crippen molar-refractivity contribution in [1.82, 2.24) is 10.3 Å². The van der Waals surface area contributed by atoms with E-state index in [1.54, 1.807) is 30.3 Å². The number of anilines is 3. The molecule has 0 aliphatic heterocycles. The highest BCUT2D eigenvalue weighted by molar-refractivity contribution is 6.08. The minimum atomic E-state index is -0.515. The number of para-hydroxylation sites is 1. The number of benzene rings is 3. The molecule has 0 aliphatic rings. The summed E-state index contributed by atoms with van der Waals surface area (Å²) in [7, 11) is 1.51. The SMILES string of the molecule is CNC(=O)c1cnc(Nc2ccccc2C)c(NC(=O)c2cc(F)c3ccccc3c2)c1. The number of pyridine rings is 1. The van der Waals surface area contributed by atoms with E-state index in [0.717, 1.165) is 11.3 Å². The third-order valence-corrected chi connectivity index (χ3v) is 5.10. The van der Waals surface area contributed by atoms with Gasteiger partial charge in [0.1, 0.15) is 5.82 Å². The fourth-order valence-corrected chi connectivity index (χ4v) is 3.36. The Labute approximate surface area is 184 Å². The van der Waals surface area contributed by atoms with E-state index < -0.39 is 11.7 Å². The van der Waals surface area contributed by atoms with Gasteiger partial charge in [0.05, 0.1) is 11.3 Å². The molecule has 0 fully saturated rings. The molecule has 0 spiro atoms. The molecule has 1 heterocycles. The number of rotatable bonds is 5. The molecule has 6 nitrogen and oxygen atoms in total. The third-order valence-electron chi connectivity index (χ3n) is 5.10. The second-order valence-corrected chi connectivity index (χ2v) is 7.27. The first kappa shape index (κ1) is 21.0. The van der Waals surface area contributed by atoms with Crippen LogP contribution in [0.1, 0.15) is 26.3 Å². The van der Waals surface area contributed by atoms with Gasteiger partial charge in [-0.25, -0.2) is 9.37 Å². The van der Waals surface area contributed by atoms with Gasteiger partial charge in [-0.2, -0.15) is 0 Å². The van der Waals surface area contributed by atoms with Crippen molar-refractivity contribution in [3.8, 4) is 0 Å². The lowest BCUT2D eigenvalue weighted by Crippen LogP contribution is -2.20. The Morgan fingerprint density at radius 3 is 2.41 bits per heavy atom. The molecule has 2 amide bonds. The number of fused-ring (bicyclic) bond motifs is 1. The molecular weight excluding hydrogens is 407 g/mol. The fourth-order valence-electron chi connectivity index (χ4n) is 3.36. The number of aromatic nitrogens is 1. The summed E-state index contributed by atoms with van der Waals surface area (Å²) in [6, 6.07) is 18.9. The molecular formula is C25H21FN4O2. The number of hydrogen-bond acceptors (Lipinski definition) is 4. The predicted molar refractivity (Wildman–Crippen MR) is 124 cm³/mol. The van der Waals surface area contributed by atoms with Crippen molar-refractivity contribution in [1.29, 1.82) is 0 Å². The second-order valence-electron chi connectivity index (χ2n) is 7.27. The van der Waals surface area contributed by atoms with E-state index >= 15 is 0 Å². The molecule has 7 heteroatoms. The van der Waals surface area contributed by atoms with E-state index in [1.165, 1.54) is 25.4 Å². The van der Waals surface area contributed by atoms with Crippen LogP contribution in [-0.4, -0.2) is 23.8 Å². The maximum absolute atomic E-state index is 14.5. The van der Waals surface area contributed by atoms with Crippen molar-refractivity contribution in [3.05, 3.63) is 95.4 Å². The van der Waals surface area contributed by atoms with Crippen LogP contribution in [0.2, 0.25) is 0 Å². The Morgan fingerprint density at radius 2 is 1.62 bits per heavy atom. The molecule has 0 saturated heterocycles. The summed E-state index contributed by atoms with van der Waals surface area (Å²) in [4.78, 5) is 29.4. The molecule has 32 heavy (non-hydrogen) atoms. The van der Waals surface area contributed by atoms with Crippen LogP contribution in [0.15, 0.2) is 72.9 Å². The van der Waals surface area contributed by atoms with Crippen LogP contribution < -0.4 is 16.0 Å². The highest BCUT2D eigenvalue weighted by Gasteiger charge is 2.16. The topological polar surface area (TPSA) is 83.1 Å². The third kappa shape index (κ3) is 4.27. The van der Waals surface area contributed by atoms with E-state index in [1.807, 2.05) is 31.2 Å². The summed E-state index contributed by atoms with van der Waals surface area (Å²) < 4.78 is 14.5. The second kappa shape index (κ2) is 8.85. The predicted octanol–water partition coefficient (Wildman–Crippen LogP) is 5.04. The van der Waals surface area contributed by atoms with Crippen LogP contribution >= 0.6 is 0 Å². The number of aryl methyl sites for hydroxylation is 1. The molecule has 1 aromatic heterocycles. The van der Waals surface area contributed by atoms with Crippen LogP contribution in [0.5, 0.6) is 0 Å². The molecule has 0 saturated carbocycles. The molecule has 0 atom stereocenters. The van der Waals surface area contributed by atoms with Crippen LogP contribution in [0.3, 0.4) is 0 Å². The van der Waals surface area contributed by atoms with Gasteiger partial charge in [0, 0.05) is 29.9 Å². The lowest BCUT2D eigenvalue weighted by molar-refractivity contribution is 0.0961. The number of nitrogens with zero attached hydrogens (tertiary/aromatic N) is 1. The van der Waals surface area contributed by atoms with Crippen LogP contribution in [0.4, 0.5) is 21.6 Å². The van der Waals surface area contributed by atoms with Gasteiger partial charge in [0.15, 0.2) is 5.82 Å². The number of nitrogens with one attached hydrogen (secondary N) is 3. The van der Waals surface area contributed by atoms with Crippen molar-refractivity contribution < 1.29 is 14.0 Å². The summed E-state index contributed by atoms with van der Waals surface area (Å²) in [6.45, 7) is 1.94. The van der Waals surface area contributed by atoms with Crippen LogP contribution in [0.25, 0.3) is 10.8 Å². The number of hydrogen-bond donors (Lipinski definition) is 3. The molecule has 3 aromatic carbocycles. The number of amides is 2. The summed E-state index contributed by atoms with van der Waals surface area (Å²) in [6.07, 6.45) is 1.42. The van der Waals surface area contributed by atoms with Crippen molar-refractivity contribution in [3.63, 3.8) is 0 Å². The standard InChI is InChI=1S/C25H21FN4O2/c1-15-7-3-6-10-21(15)29-23-22(13-18(14-28-23)24(31)27-2)30-25(32)17-11-16-8-4-5-9-19(16)20(26)12-17/h3-14H,1-2H3,(H,27,31)(H,28,29)(H,30,32). The van der Waals surface area contributed by atoms with Gasteiger partial charge in [-0.15, -0.1) is 0 Å². The maximum Gasteiger partial charge on any atom is 0.255 e. The van der Waals surface area contributed by atoms with Crippen LogP contribution in [-0.2, 0) is 0 Å². The van der Waals surface area contributed by atoms with Crippen molar-refractivity contribution in [2.45, 2.75) is 6.92 Å². The first-order chi connectivity index (χ1) is 15.5. The quantitative estimate of drug-likeness (QED) is 0.416. The highest BCUT2D eigenvalue weighted by atomic mass is 19.1. The number of carbonyl (C=O) groups is 2. The fraction of sp³-hybridized carbons (Fsp3) is 0.0800. The molecule has 0 radical (unpaired) electrons. The lowest BCUT2D eigenvalue weighted by atomic mass is 10.1. The van der Waals surface area contributed by atoms with Gasteiger partial charge < -0.3 is 16.0 Å². The summed E-state index contributed by atoms with van der Waals surface area (Å²) in [5.41, 5.74) is 2.53. The minimum Gasteiger partial charge on any atom is -0.355 e. The largest absolute Gasteiger partial charge is 0.355 e. The van der Waals surface area contributed by atoms with Gasteiger partial charge in [-0.1, -0.05) is 42.5 Å². The van der Waals surface area contributed by atoms with Crippen molar-refractivity contribution >= 4 is 39.8 Å². The highest BCUT2D eigenvalue weighted by Crippen LogP contribution is 2.27. The Bertz CT molecular complexity index is 1340. The molecule has 0 unspecified atom stereocenters. The average molecular weight is 428 g/mol. The molecule has 160 valence electrons. The summed E-state index contributed by atoms with van der Waals surface area (Å²) >= 11 is 0. The van der Waals surface area contributed by atoms with Gasteiger partial charge in [0.25, 0.3) is 11.8 Å². The van der Waals surface area contributed by atoms with E-state index in [4.69, 9.17) is 0 Å². The molecule has 3 N–H and O–H groups in total. The summed E-state index contributed by atoms with van der Waals surface area (Å²) in [5.74, 6) is -0.976. The van der Waals surface area contributed by atoms with E-state index in [9.17, 15) is 14.0 Å². The van der Waals surface area contributed by atoms with E-state index in [2.05, 4.69) is 20.9 Å². The van der Waals surface area contributed by atoms with E-state index in [-0.39, 0.29) is 17.0 Å². The number of carbonyl (C=O) groups excluding carboxylic acids is 2. The van der Waals surface area contributed by atoms with Crippen molar-refractivity contribution in [2.24, 2.45) is 0 Å². The van der Waals surface area contributed by atoms with E-state index in [0.29, 0.717) is 22.3 Å². The molecule has 4 aromatic rings. The molecule has 0 bridgehead atoms. The average Bonchev–Trinajstić information content (AvgIpc) is 2.81. The molecule has 4 rings (SSSR count).